The van der Waals surface area contributed by atoms with Crippen LogP contribution >= 0.6 is 0 Å². The molecule has 0 spiro atoms. The zero-order chi connectivity index (χ0) is 19.6. The molecule has 1 fully saturated rings. The second-order valence-corrected chi connectivity index (χ2v) is 7.19. The minimum atomic E-state index is -0.622. The van der Waals surface area contributed by atoms with Gasteiger partial charge in [0.15, 0.2) is 0 Å². The van der Waals surface area contributed by atoms with Gasteiger partial charge in [-0.25, -0.2) is 4.79 Å². The van der Waals surface area contributed by atoms with Crippen LogP contribution in [0.3, 0.4) is 0 Å². The van der Waals surface area contributed by atoms with E-state index in [1.807, 2.05) is 6.92 Å². The monoisotopic (exact) mass is 366 g/mol. The van der Waals surface area contributed by atoms with Crippen molar-refractivity contribution in [1.29, 1.82) is 0 Å². The molecular formula is C21H22N2O4. The first-order chi connectivity index (χ1) is 12.9. The summed E-state index contributed by atoms with van der Waals surface area (Å²) in [5.41, 5.74) is 3.53. The van der Waals surface area contributed by atoms with Crippen LogP contribution in [0.15, 0.2) is 53.7 Å². The molecule has 0 amide bonds. The smallest absolute Gasteiger partial charge is 0.313 e. The predicted octanol–water partition coefficient (Wildman–Crippen LogP) is 5.05. The summed E-state index contributed by atoms with van der Waals surface area (Å²) < 4.78 is 0. The van der Waals surface area contributed by atoms with E-state index >= 15 is 0 Å². The van der Waals surface area contributed by atoms with Crippen LogP contribution in [0.25, 0.3) is 0 Å². The van der Waals surface area contributed by atoms with Gasteiger partial charge in [-0.15, -0.1) is 0 Å². The van der Waals surface area contributed by atoms with Crippen molar-refractivity contribution in [2.24, 2.45) is 11.1 Å². The number of nitro groups is 1. The Morgan fingerprint density at radius 1 is 1.15 bits per heavy atom. The Morgan fingerprint density at radius 3 is 2.33 bits per heavy atom. The maximum absolute atomic E-state index is 12.0. The van der Waals surface area contributed by atoms with Gasteiger partial charge in [-0.2, -0.15) is 0 Å². The van der Waals surface area contributed by atoms with E-state index in [2.05, 4.69) is 43.3 Å². The lowest BCUT2D eigenvalue weighted by molar-refractivity contribution is -0.384. The number of non-ortho nitro benzene ring substituents is 1. The Kier molecular flexibility index (Phi) is 5.35. The number of hydrogen-bond acceptors (Lipinski definition) is 5. The van der Waals surface area contributed by atoms with Crippen molar-refractivity contribution in [2.75, 3.05) is 0 Å². The van der Waals surface area contributed by atoms with Crippen molar-refractivity contribution < 1.29 is 14.6 Å². The molecule has 2 aromatic carbocycles. The molecule has 0 unspecified atom stereocenters. The lowest BCUT2D eigenvalue weighted by atomic mass is 9.99. The fourth-order valence-corrected chi connectivity index (χ4v) is 3.11. The Balaban J connectivity index is 1.58. The van der Waals surface area contributed by atoms with Crippen molar-refractivity contribution in [1.82, 2.24) is 0 Å². The van der Waals surface area contributed by atoms with Crippen LogP contribution in [-0.4, -0.2) is 16.6 Å². The predicted molar refractivity (Wildman–Crippen MR) is 103 cm³/mol. The summed E-state index contributed by atoms with van der Waals surface area (Å²) in [4.78, 5) is 27.2. The van der Waals surface area contributed by atoms with Gasteiger partial charge in [0.25, 0.3) is 5.69 Å². The van der Waals surface area contributed by atoms with E-state index in [0.29, 0.717) is 11.8 Å². The van der Waals surface area contributed by atoms with Crippen molar-refractivity contribution in [3.8, 4) is 0 Å². The quantitative estimate of drug-likeness (QED) is 0.310. The second-order valence-electron chi connectivity index (χ2n) is 7.19. The number of rotatable bonds is 6. The van der Waals surface area contributed by atoms with E-state index in [9.17, 15) is 14.9 Å². The molecule has 2 atom stereocenters. The normalized spacial score (nSPS) is 19.0. The summed E-state index contributed by atoms with van der Waals surface area (Å²) in [6.07, 6.45) is 0.992. The Bertz CT molecular complexity index is 870. The zero-order valence-electron chi connectivity index (χ0n) is 15.6. The van der Waals surface area contributed by atoms with Gasteiger partial charge in [-0.1, -0.05) is 43.3 Å². The van der Waals surface area contributed by atoms with Crippen LogP contribution in [0.5, 0.6) is 0 Å². The third-order valence-electron chi connectivity index (χ3n) is 4.94. The molecule has 0 aromatic heterocycles. The molecule has 6 heteroatoms. The minimum Gasteiger partial charge on any atom is -0.313 e. The molecule has 1 saturated carbocycles. The van der Waals surface area contributed by atoms with Gasteiger partial charge in [-0.05, 0) is 48.4 Å². The van der Waals surface area contributed by atoms with Gasteiger partial charge in [0, 0.05) is 18.1 Å². The number of oxime groups is 1. The van der Waals surface area contributed by atoms with Crippen molar-refractivity contribution in [3.63, 3.8) is 0 Å². The standard InChI is InChI=1S/C21H22N2O4/c1-13(2)15-4-6-16(7-5-15)20-12-19(20)14(3)22-27-21(24)17-8-10-18(11-9-17)23(25)26/h4-11,13,19-20H,12H2,1-3H3/b22-14-/t19-,20+/m0/s1. The van der Waals surface area contributed by atoms with Gasteiger partial charge in [0.05, 0.1) is 16.2 Å². The molecule has 3 rings (SSSR count). The summed E-state index contributed by atoms with van der Waals surface area (Å²) in [6, 6.07) is 13.9. The molecule has 1 aliphatic rings. The van der Waals surface area contributed by atoms with Gasteiger partial charge < -0.3 is 4.84 Å². The molecule has 6 nitrogen and oxygen atoms in total. The SMILES string of the molecule is C/C(=N/OC(=O)c1ccc([N+](=O)[O-])cc1)[C@@H]1C[C@@H]1c1ccc(C(C)C)cc1. The van der Waals surface area contributed by atoms with Crippen LogP contribution in [0.2, 0.25) is 0 Å². The van der Waals surface area contributed by atoms with Gasteiger partial charge in [0.2, 0.25) is 0 Å². The van der Waals surface area contributed by atoms with Crippen LogP contribution in [-0.2, 0) is 4.84 Å². The van der Waals surface area contributed by atoms with E-state index < -0.39 is 10.9 Å². The topological polar surface area (TPSA) is 81.8 Å². The summed E-state index contributed by atoms with van der Waals surface area (Å²) in [6.45, 7) is 6.20. The summed E-state index contributed by atoms with van der Waals surface area (Å²) in [5.74, 6) is 0.575. The number of carbonyl (C=O) groups is 1. The highest BCUT2D eigenvalue weighted by Crippen LogP contribution is 2.48. The largest absolute Gasteiger partial charge is 0.365 e. The lowest BCUT2D eigenvalue weighted by Gasteiger charge is -2.06. The molecule has 0 N–H and O–H groups in total. The molecule has 0 radical (unpaired) electrons. The van der Waals surface area contributed by atoms with E-state index in [1.54, 1.807) is 0 Å². The summed E-state index contributed by atoms with van der Waals surface area (Å²) in [7, 11) is 0. The maximum Gasteiger partial charge on any atom is 0.365 e. The number of carbonyl (C=O) groups excluding carboxylic acids is 1. The van der Waals surface area contributed by atoms with E-state index in [4.69, 9.17) is 4.84 Å². The highest BCUT2D eigenvalue weighted by atomic mass is 16.7. The van der Waals surface area contributed by atoms with Crippen molar-refractivity contribution >= 4 is 17.4 Å². The van der Waals surface area contributed by atoms with E-state index in [-0.39, 0.29) is 17.2 Å². The molecule has 0 bridgehead atoms. The van der Waals surface area contributed by atoms with Crippen LogP contribution < -0.4 is 0 Å². The molecule has 0 saturated heterocycles. The Labute approximate surface area is 158 Å². The minimum absolute atomic E-state index is 0.0736. The van der Waals surface area contributed by atoms with Crippen molar-refractivity contribution in [2.45, 2.75) is 39.0 Å². The van der Waals surface area contributed by atoms with Crippen molar-refractivity contribution in [3.05, 3.63) is 75.3 Å². The van der Waals surface area contributed by atoms with Gasteiger partial charge >= 0.3 is 5.97 Å². The average molecular weight is 366 g/mol. The Morgan fingerprint density at radius 2 is 1.78 bits per heavy atom. The molecular weight excluding hydrogens is 344 g/mol. The molecule has 0 heterocycles. The average Bonchev–Trinajstić information content (AvgIpc) is 3.47. The first-order valence-corrected chi connectivity index (χ1v) is 8.97. The third-order valence-corrected chi connectivity index (χ3v) is 4.94. The molecule has 0 aliphatic heterocycles. The fraction of sp³-hybridized carbons (Fsp3) is 0.333. The number of hydrogen-bond donors (Lipinski definition) is 0. The Hall–Kier alpha value is -3.02. The number of nitrogens with zero attached hydrogens (tertiary/aromatic N) is 2. The molecule has 1 aliphatic carbocycles. The van der Waals surface area contributed by atoms with Gasteiger partial charge in [0.1, 0.15) is 0 Å². The molecule has 140 valence electrons. The molecule has 2 aromatic rings. The number of nitro benzene ring substituents is 1. The lowest BCUT2D eigenvalue weighted by Crippen LogP contribution is -2.05. The number of benzene rings is 2. The van der Waals surface area contributed by atoms with Gasteiger partial charge in [-0.3, -0.25) is 10.1 Å². The third kappa shape index (κ3) is 4.39. The summed E-state index contributed by atoms with van der Waals surface area (Å²) >= 11 is 0. The maximum atomic E-state index is 12.0. The van der Waals surface area contributed by atoms with Crippen LogP contribution in [0.4, 0.5) is 5.69 Å². The second kappa shape index (κ2) is 7.70. The highest BCUT2D eigenvalue weighted by molar-refractivity contribution is 5.92. The zero-order valence-corrected chi connectivity index (χ0v) is 15.6. The van der Waals surface area contributed by atoms with E-state index in [0.717, 1.165) is 12.1 Å². The summed E-state index contributed by atoms with van der Waals surface area (Å²) in [5, 5.41) is 14.6. The highest BCUT2D eigenvalue weighted by Gasteiger charge is 2.40. The van der Waals surface area contributed by atoms with E-state index in [1.165, 1.54) is 35.4 Å². The fourth-order valence-electron chi connectivity index (χ4n) is 3.11. The first-order valence-electron chi connectivity index (χ1n) is 8.97. The van der Waals surface area contributed by atoms with Crippen LogP contribution in [0.1, 0.15) is 60.5 Å². The van der Waals surface area contributed by atoms with Crippen LogP contribution in [0, 0.1) is 16.0 Å². The first kappa shape index (κ1) is 18.8. The molecule has 27 heavy (non-hydrogen) atoms.